The topological polar surface area (TPSA) is 38.9 Å². The van der Waals surface area contributed by atoms with Crippen LogP contribution in [0.25, 0.3) is 0 Å². The summed E-state index contributed by atoms with van der Waals surface area (Å²) in [6.45, 7) is 4.75. The molecule has 0 radical (unpaired) electrons. The molecule has 0 aliphatic heterocycles. The molecule has 2 N–H and O–H groups in total. The summed E-state index contributed by atoms with van der Waals surface area (Å²) in [6.07, 6.45) is 2.70. The second-order valence-electron chi connectivity index (χ2n) is 3.45. The average molecular weight is 199 g/mol. The molecule has 3 heteroatoms. The Morgan fingerprint density at radius 3 is 2.77 bits per heavy atom. The minimum Gasteiger partial charge on any atom is -0.330 e. The van der Waals surface area contributed by atoms with Crippen LogP contribution in [0, 0.1) is 0 Å². The van der Waals surface area contributed by atoms with Crippen LogP contribution < -0.4 is 5.73 Å². The number of pyridine rings is 1. The van der Waals surface area contributed by atoms with Gasteiger partial charge in [0.15, 0.2) is 0 Å². The molecule has 72 valence electrons. The maximum absolute atomic E-state index is 6.05. The fraction of sp³-hybridized carbons (Fsp3) is 0.500. The molecule has 1 aromatic heterocycles. The SMILES string of the molecule is CCC(C)(CN)c1ncccc1Cl. The molecule has 0 saturated heterocycles. The van der Waals surface area contributed by atoms with Gasteiger partial charge in [0.05, 0.1) is 10.7 Å². The Morgan fingerprint density at radius 1 is 1.62 bits per heavy atom. The molecule has 1 heterocycles. The standard InChI is InChI=1S/C10H15ClN2/c1-3-10(2,7-12)9-8(11)5-4-6-13-9/h4-6H,3,7,12H2,1-2H3. The van der Waals surface area contributed by atoms with Gasteiger partial charge in [-0.2, -0.15) is 0 Å². The molecule has 0 amide bonds. The van der Waals surface area contributed by atoms with Gasteiger partial charge in [0.25, 0.3) is 0 Å². The number of hydrogen-bond donors (Lipinski definition) is 1. The molecule has 0 aliphatic rings. The minimum atomic E-state index is -0.0989. The van der Waals surface area contributed by atoms with Crippen molar-refractivity contribution in [1.82, 2.24) is 4.98 Å². The van der Waals surface area contributed by atoms with E-state index in [0.717, 1.165) is 12.1 Å². The van der Waals surface area contributed by atoms with E-state index in [-0.39, 0.29) is 5.41 Å². The van der Waals surface area contributed by atoms with Crippen molar-refractivity contribution in [2.45, 2.75) is 25.7 Å². The molecule has 0 aromatic carbocycles. The maximum Gasteiger partial charge on any atom is 0.0660 e. The van der Waals surface area contributed by atoms with Gasteiger partial charge >= 0.3 is 0 Å². The van der Waals surface area contributed by atoms with Crippen molar-refractivity contribution in [2.24, 2.45) is 5.73 Å². The lowest BCUT2D eigenvalue weighted by Gasteiger charge is -2.26. The zero-order valence-corrected chi connectivity index (χ0v) is 8.80. The van der Waals surface area contributed by atoms with E-state index in [0.29, 0.717) is 11.6 Å². The molecule has 1 rings (SSSR count). The smallest absolute Gasteiger partial charge is 0.0660 e. The minimum absolute atomic E-state index is 0.0989. The van der Waals surface area contributed by atoms with Gasteiger partial charge in [0.2, 0.25) is 0 Å². The third-order valence-corrected chi connectivity index (χ3v) is 2.87. The number of hydrogen-bond acceptors (Lipinski definition) is 2. The monoisotopic (exact) mass is 198 g/mol. The average Bonchev–Trinajstić information content (AvgIpc) is 2.17. The van der Waals surface area contributed by atoms with Gasteiger partial charge in [0, 0.05) is 18.2 Å². The second kappa shape index (κ2) is 4.07. The summed E-state index contributed by atoms with van der Waals surface area (Å²) in [7, 11) is 0. The number of aromatic nitrogens is 1. The molecule has 1 aromatic rings. The van der Waals surface area contributed by atoms with E-state index < -0.39 is 0 Å². The summed E-state index contributed by atoms with van der Waals surface area (Å²) in [4.78, 5) is 4.28. The lowest BCUT2D eigenvalue weighted by molar-refractivity contribution is 0.453. The molecule has 1 unspecified atom stereocenters. The van der Waals surface area contributed by atoms with E-state index in [1.54, 1.807) is 6.20 Å². The highest BCUT2D eigenvalue weighted by Gasteiger charge is 2.26. The van der Waals surface area contributed by atoms with Crippen molar-refractivity contribution in [3.63, 3.8) is 0 Å². The van der Waals surface area contributed by atoms with E-state index >= 15 is 0 Å². The van der Waals surface area contributed by atoms with E-state index in [9.17, 15) is 0 Å². The summed E-state index contributed by atoms with van der Waals surface area (Å²) in [5.74, 6) is 0. The molecule has 0 saturated carbocycles. The van der Waals surface area contributed by atoms with E-state index in [2.05, 4.69) is 18.8 Å². The van der Waals surface area contributed by atoms with Crippen LogP contribution in [0.3, 0.4) is 0 Å². The molecule has 0 aliphatic carbocycles. The maximum atomic E-state index is 6.05. The second-order valence-corrected chi connectivity index (χ2v) is 3.86. The van der Waals surface area contributed by atoms with Gasteiger partial charge in [-0.05, 0) is 18.6 Å². The highest BCUT2D eigenvalue weighted by molar-refractivity contribution is 6.31. The summed E-state index contributed by atoms with van der Waals surface area (Å²) in [5, 5.41) is 0.706. The zero-order valence-electron chi connectivity index (χ0n) is 8.05. The fourth-order valence-corrected chi connectivity index (χ4v) is 1.59. The highest BCUT2D eigenvalue weighted by Crippen LogP contribution is 2.29. The number of nitrogens with two attached hydrogens (primary N) is 1. The number of halogens is 1. The number of nitrogens with zero attached hydrogens (tertiary/aromatic N) is 1. The normalized spacial score (nSPS) is 15.4. The van der Waals surface area contributed by atoms with Crippen molar-refractivity contribution in [3.8, 4) is 0 Å². The first-order valence-electron chi connectivity index (χ1n) is 4.45. The molecule has 13 heavy (non-hydrogen) atoms. The lowest BCUT2D eigenvalue weighted by atomic mass is 9.84. The predicted octanol–water partition coefficient (Wildman–Crippen LogP) is 2.36. The van der Waals surface area contributed by atoms with Crippen LogP contribution in [0.2, 0.25) is 5.02 Å². The highest BCUT2D eigenvalue weighted by atomic mass is 35.5. The summed E-state index contributed by atoms with van der Waals surface area (Å²) >= 11 is 6.05. The third-order valence-electron chi connectivity index (χ3n) is 2.56. The van der Waals surface area contributed by atoms with Crippen LogP contribution in [-0.2, 0) is 5.41 Å². The van der Waals surface area contributed by atoms with Crippen molar-refractivity contribution < 1.29 is 0 Å². The van der Waals surface area contributed by atoms with Crippen molar-refractivity contribution in [2.75, 3.05) is 6.54 Å². The van der Waals surface area contributed by atoms with E-state index in [1.165, 1.54) is 0 Å². The van der Waals surface area contributed by atoms with Gasteiger partial charge in [-0.25, -0.2) is 0 Å². The summed E-state index contributed by atoms with van der Waals surface area (Å²) in [6, 6.07) is 3.69. The molecular formula is C10H15ClN2. The first kappa shape index (κ1) is 10.5. The van der Waals surface area contributed by atoms with Crippen LogP contribution in [0.15, 0.2) is 18.3 Å². The Kier molecular flexibility index (Phi) is 3.28. The van der Waals surface area contributed by atoms with E-state index in [1.807, 2.05) is 12.1 Å². The number of rotatable bonds is 3. The Hall–Kier alpha value is -0.600. The van der Waals surface area contributed by atoms with Gasteiger partial charge in [0.1, 0.15) is 0 Å². The fourth-order valence-electron chi connectivity index (χ4n) is 1.24. The zero-order chi connectivity index (χ0) is 9.90. The Bertz CT molecular complexity index is 282. The largest absolute Gasteiger partial charge is 0.330 e. The van der Waals surface area contributed by atoms with Gasteiger partial charge in [-0.15, -0.1) is 0 Å². The first-order valence-corrected chi connectivity index (χ1v) is 4.83. The van der Waals surface area contributed by atoms with Crippen molar-refractivity contribution in [3.05, 3.63) is 29.0 Å². The van der Waals surface area contributed by atoms with Gasteiger partial charge < -0.3 is 5.73 Å². The molecule has 0 spiro atoms. The molecule has 0 fully saturated rings. The van der Waals surface area contributed by atoms with Crippen LogP contribution >= 0.6 is 11.6 Å². The van der Waals surface area contributed by atoms with Gasteiger partial charge in [-0.1, -0.05) is 25.4 Å². The quantitative estimate of drug-likeness (QED) is 0.810. The summed E-state index contributed by atoms with van der Waals surface area (Å²) in [5.41, 5.74) is 6.53. The van der Waals surface area contributed by atoms with Crippen LogP contribution in [0.1, 0.15) is 26.0 Å². The molecular weight excluding hydrogens is 184 g/mol. The molecule has 1 atom stereocenters. The van der Waals surface area contributed by atoms with Crippen LogP contribution in [0.4, 0.5) is 0 Å². The Balaban J connectivity index is 3.12. The van der Waals surface area contributed by atoms with Crippen molar-refractivity contribution >= 4 is 11.6 Å². The van der Waals surface area contributed by atoms with E-state index in [4.69, 9.17) is 17.3 Å². The van der Waals surface area contributed by atoms with Crippen LogP contribution in [0.5, 0.6) is 0 Å². The van der Waals surface area contributed by atoms with Crippen molar-refractivity contribution in [1.29, 1.82) is 0 Å². The summed E-state index contributed by atoms with van der Waals surface area (Å²) < 4.78 is 0. The first-order chi connectivity index (χ1) is 6.14. The van der Waals surface area contributed by atoms with Gasteiger partial charge in [-0.3, -0.25) is 4.98 Å². The molecule has 2 nitrogen and oxygen atoms in total. The third kappa shape index (κ3) is 2.01. The Morgan fingerprint density at radius 2 is 2.31 bits per heavy atom. The Labute approximate surface area is 84.1 Å². The predicted molar refractivity (Wildman–Crippen MR) is 55.9 cm³/mol. The van der Waals surface area contributed by atoms with Crippen LogP contribution in [-0.4, -0.2) is 11.5 Å². The molecule has 0 bridgehead atoms. The lowest BCUT2D eigenvalue weighted by Crippen LogP contribution is -2.32.